The zero-order valence-corrected chi connectivity index (χ0v) is 17.0. The topological polar surface area (TPSA) is 95.1 Å². The first-order valence-electron chi connectivity index (χ1n) is 9.54. The van der Waals surface area contributed by atoms with Crippen LogP contribution in [0, 0.1) is 0 Å². The maximum absolute atomic E-state index is 13.1. The van der Waals surface area contributed by atoms with Gasteiger partial charge in [0.2, 0.25) is 0 Å². The van der Waals surface area contributed by atoms with Gasteiger partial charge in [0.15, 0.2) is 0 Å². The molecule has 3 aromatic heterocycles. The number of alkyl halides is 3. The molecular weight excluding hydrogens is 427 g/mol. The first kappa shape index (κ1) is 21.5. The summed E-state index contributed by atoms with van der Waals surface area (Å²) in [6.07, 6.45) is -0.142. The van der Waals surface area contributed by atoms with Crippen LogP contribution in [0.5, 0.6) is 5.75 Å². The third-order valence-corrected chi connectivity index (χ3v) is 4.87. The maximum atomic E-state index is 13.1. The van der Waals surface area contributed by atoms with Crippen LogP contribution in [0.15, 0.2) is 53.8 Å². The van der Waals surface area contributed by atoms with Crippen molar-refractivity contribution in [2.75, 3.05) is 6.61 Å². The van der Waals surface area contributed by atoms with Gasteiger partial charge in [0.25, 0.3) is 5.56 Å². The minimum absolute atomic E-state index is 0.249. The first-order valence-corrected chi connectivity index (χ1v) is 9.54. The van der Waals surface area contributed by atoms with Crippen LogP contribution in [0.3, 0.4) is 0 Å². The van der Waals surface area contributed by atoms with Crippen molar-refractivity contribution in [2.24, 2.45) is 7.05 Å². The van der Waals surface area contributed by atoms with E-state index in [2.05, 4.69) is 19.8 Å². The molecule has 1 atom stereocenters. The molecule has 1 unspecified atom stereocenters. The van der Waals surface area contributed by atoms with Gasteiger partial charge in [-0.15, -0.1) is 13.2 Å². The van der Waals surface area contributed by atoms with Crippen molar-refractivity contribution in [3.63, 3.8) is 0 Å². The second kappa shape index (κ2) is 8.08. The summed E-state index contributed by atoms with van der Waals surface area (Å²) < 4.78 is 44.2. The molecule has 0 amide bonds. The summed E-state index contributed by atoms with van der Waals surface area (Å²) in [6.45, 7) is 1.43. The van der Waals surface area contributed by atoms with Gasteiger partial charge in [0.05, 0.1) is 36.3 Å². The largest absolute Gasteiger partial charge is 0.573 e. The molecule has 8 nitrogen and oxygen atoms in total. The number of aliphatic hydroxyl groups is 1. The minimum Gasteiger partial charge on any atom is -0.406 e. The predicted molar refractivity (Wildman–Crippen MR) is 110 cm³/mol. The number of fused-ring (bicyclic) bond motifs is 1. The molecule has 11 heteroatoms. The molecule has 3 heterocycles. The van der Waals surface area contributed by atoms with Gasteiger partial charge in [-0.1, -0.05) is 0 Å². The lowest BCUT2D eigenvalue weighted by atomic mass is 10.1. The van der Waals surface area contributed by atoms with Crippen molar-refractivity contribution in [1.82, 2.24) is 24.3 Å². The lowest BCUT2D eigenvalue weighted by molar-refractivity contribution is -0.274. The van der Waals surface area contributed by atoms with Crippen molar-refractivity contribution in [2.45, 2.75) is 19.3 Å². The first-order chi connectivity index (χ1) is 15.2. The molecule has 0 bridgehead atoms. The molecule has 4 rings (SSSR count). The summed E-state index contributed by atoms with van der Waals surface area (Å²) in [4.78, 5) is 22.1. The molecule has 1 N–H and O–H groups in total. The summed E-state index contributed by atoms with van der Waals surface area (Å²) in [7, 11) is 1.73. The molecule has 0 saturated carbocycles. The Balaban J connectivity index is 1.91. The van der Waals surface area contributed by atoms with Crippen LogP contribution in [-0.2, 0) is 7.05 Å². The van der Waals surface area contributed by atoms with Crippen LogP contribution >= 0.6 is 0 Å². The molecule has 0 aliphatic heterocycles. The Labute approximate surface area is 179 Å². The van der Waals surface area contributed by atoms with Crippen LogP contribution in [0.4, 0.5) is 13.2 Å². The van der Waals surface area contributed by atoms with E-state index >= 15 is 0 Å². The number of benzene rings is 1. The van der Waals surface area contributed by atoms with Crippen molar-refractivity contribution >= 4 is 10.9 Å². The lowest BCUT2D eigenvalue weighted by Gasteiger charge is -2.14. The molecule has 0 aliphatic carbocycles. The molecule has 0 fully saturated rings. The fraction of sp³-hybridized carbons (Fsp3) is 0.238. The number of rotatable bonds is 5. The monoisotopic (exact) mass is 445 g/mol. The summed E-state index contributed by atoms with van der Waals surface area (Å²) in [5, 5.41) is 13.9. The normalized spacial score (nSPS) is 12.8. The third-order valence-electron chi connectivity index (χ3n) is 4.87. The van der Waals surface area contributed by atoms with E-state index < -0.39 is 12.4 Å². The Kier molecular flexibility index (Phi) is 5.43. The van der Waals surface area contributed by atoms with Gasteiger partial charge in [-0.05, 0) is 37.3 Å². The predicted octanol–water partition coefficient (Wildman–Crippen LogP) is 3.31. The summed E-state index contributed by atoms with van der Waals surface area (Å²) in [6, 6.07) is 6.24. The number of aliphatic hydroxyl groups excluding tert-OH is 1. The third kappa shape index (κ3) is 4.19. The lowest BCUT2D eigenvalue weighted by Crippen LogP contribution is -2.25. The van der Waals surface area contributed by atoms with Gasteiger partial charge in [0, 0.05) is 24.4 Å². The number of pyridine rings is 1. The van der Waals surface area contributed by atoms with Crippen molar-refractivity contribution in [3.8, 4) is 28.3 Å². The Hall–Kier alpha value is -3.73. The highest BCUT2D eigenvalue weighted by molar-refractivity contribution is 5.93. The van der Waals surface area contributed by atoms with E-state index in [1.54, 1.807) is 31.0 Å². The fourth-order valence-corrected chi connectivity index (χ4v) is 3.27. The maximum Gasteiger partial charge on any atom is 0.573 e. The van der Waals surface area contributed by atoms with Crippen molar-refractivity contribution in [1.29, 1.82) is 0 Å². The molecule has 1 aromatic carbocycles. The van der Waals surface area contributed by atoms with E-state index in [1.807, 2.05) is 0 Å². The molecule has 32 heavy (non-hydrogen) atoms. The van der Waals surface area contributed by atoms with E-state index in [0.29, 0.717) is 28.0 Å². The zero-order chi connectivity index (χ0) is 23.0. The standard InChI is InChI=1S/C21H18F3N5O3/c1-12(10-30)29-11-25-19-16(20(29)31)7-17(27-18(19)14-8-26-28(2)9-14)13-3-5-15(6-4-13)32-21(22,23)24/h3-9,11-12,30H,10H2,1-2H3. The highest BCUT2D eigenvalue weighted by atomic mass is 19.4. The summed E-state index contributed by atoms with van der Waals surface area (Å²) >= 11 is 0. The second-order valence-electron chi connectivity index (χ2n) is 7.22. The molecule has 166 valence electrons. The van der Waals surface area contributed by atoms with Crippen LogP contribution in [0.2, 0.25) is 0 Å². The smallest absolute Gasteiger partial charge is 0.406 e. The second-order valence-corrected chi connectivity index (χ2v) is 7.22. The Morgan fingerprint density at radius 1 is 1.19 bits per heavy atom. The van der Waals surface area contributed by atoms with Crippen LogP contribution in [0.1, 0.15) is 13.0 Å². The molecule has 0 spiro atoms. The number of aryl methyl sites for hydroxylation is 1. The van der Waals surface area contributed by atoms with E-state index in [9.17, 15) is 23.1 Å². The molecular formula is C21H18F3N5O3. The number of aromatic nitrogens is 5. The highest BCUT2D eigenvalue weighted by Gasteiger charge is 2.31. The average molecular weight is 445 g/mol. The number of hydrogen-bond donors (Lipinski definition) is 1. The van der Waals surface area contributed by atoms with Gasteiger partial charge in [-0.25, -0.2) is 9.97 Å². The van der Waals surface area contributed by atoms with E-state index in [4.69, 9.17) is 0 Å². The van der Waals surface area contributed by atoms with Gasteiger partial charge in [-0.3, -0.25) is 14.0 Å². The molecule has 0 aliphatic rings. The van der Waals surface area contributed by atoms with E-state index in [-0.39, 0.29) is 23.3 Å². The quantitative estimate of drug-likeness (QED) is 0.507. The van der Waals surface area contributed by atoms with Crippen LogP contribution in [0.25, 0.3) is 33.4 Å². The molecule has 0 saturated heterocycles. The minimum atomic E-state index is -4.80. The number of nitrogens with zero attached hydrogens (tertiary/aromatic N) is 5. The summed E-state index contributed by atoms with van der Waals surface area (Å²) in [5.74, 6) is -0.365. The van der Waals surface area contributed by atoms with Gasteiger partial charge in [0.1, 0.15) is 17.0 Å². The van der Waals surface area contributed by atoms with Gasteiger partial charge >= 0.3 is 6.36 Å². The Morgan fingerprint density at radius 2 is 1.91 bits per heavy atom. The number of halogens is 3. The zero-order valence-electron chi connectivity index (χ0n) is 17.0. The molecule has 4 aromatic rings. The van der Waals surface area contributed by atoms with Crippen LogP contribution < -0.4 is 10.3 Å². The van der Waals surface area contributed by atoms with Crippen molar-refractivity contribution in [3.05, 3.63) is 59.4 Å². The summed E-state index contributed by atoms with van der Waals surface area (Å²) in [5.41, 5.74) is 1.85. The van der Waals surface area contributed by atoms with Gasteiger partial charge < -0.3 is 9.84 Å². The molecule has 0 radical (unpaired) electrons. The fourth-order valence-electron chi connectivity index (χ4n) is 3.27. The van der Waals surface area contributed by atoms with E-state index in [1.165, 1.54) is 41.2 Å². The number of hydrogen-bond acceptors (Lipinski definition) is 6. The number of ether oxygens (including phenoxy) is 1. The highest BCUT2D eigenvalue weighted by Crippen LogP contribution is 2.30. The Bertz CT molecular complexity index is 1330. The Morgan fingerprint density at radius 3 is 2.50 bits per heavy atom. The average Bonchev–Trinajstić information content (AvgIpc) is 3.18. The van der Waals surface area contributed by atoms with E-state index in [0.717, 1.165) is 0 Å². The van der Waals surface area contributed by atoms with Crippen LogP contribution in [-0.4, -0.2) is 42.4 Å². The van der Waals surface area contributed by atoms with Crippen molar-refractivity contribution < 1.29 is 23.0 Å². The SMILES string of the molecule is CC(CO)n1cnc2c(-c3cnn(C)c3)nc(-c3ccc(OC(F)(F)F)cc3)cc2c1=O. The van der Waals surface area contributed by atoms with Gasteiger partial charge in [-0.2, -0.15) is 5.10 Å².